The molecule has 0 bridgehead atoms. The Balaban J connectivity index is 2.32. The number of aldehydes is 1. The second kappa shape index (κ2) is 2.49. The second-order valence-corrected chi connectivity index (χ2v) is 2.92. The van der Waals surface area contributed by atoms with Crippen molar-refractivity contribution in [2.45, 2.75) is 24.6 Å². The first-order valence-electron chi connectivity index (χ1n) is 2.92. The van der Waals surface area contributed by atoms with Crippen LogP contribution in [-0.4, -0.2) is 11.7 Å². The molecule has 0 heterocycles. The summed E-state index contributed by atoms with van der Waals surface area (Å²) >= 11 is 5.73. The Morgan fingerprint density at radius 3 is 2.50 bits per heavy atom. The van der Waals surface area contributed by atoms with Gasteiger partial charge in [-0.1, -0.05) is 0 Å². The van der Waals surface area contributed by atoms with Gasteiger partial charge in [-0.3, -0.25) is 0 Å². The molecule has 0 spiro atoms. The monoisotopic (exact) mass is 132 g/mol. The molecule has 1 aliphatic carbocycles. The van der Waals surface area contributed by atoms with Crippen molar-refractivity contribution in [3.63, 3.8) is 0 Å². The Morgan fingerprint density at radius 2 is 2.25 bits per heavy atom. The third-order valence-corrected chi connectivity index (χ3v) is 2.00. The van der Waals surface area contributed by atoms with Crippen LogP contribution in [0.5, 0.6) is 0 Å². The minimum atomic E-state index is 0.262. The smallest absolute Gasteiger partial charge is 0.123 e. The molecule has 0 amide bonds. The second-order valence-electron chi connectivity index (χ2n) is 2.31. The van der Waals surface area contributed by atoms with Crippen LogP contribution in [0, 0.1) is 5.92 Å². The zero-order chi connectivity index (χ0) is 5.98. The van der Waals surface area contributed by atoms with Gasteiger partial charge < -0.3 is 4.79 Å². The molecule has 0 N–H and O–H groups in total. The standard InChI is InChI=1S/C6H9ClO/c7-6-2-1-5(3-6)4-8/h4-6H,1-3H2/t5-,6?/m0/s1. The summed E-state index contributed by atoms with van der Waals surface area (Å²) in [6.07, 6.45) is 3.93. The summed E-state index contributed by atoms with van der Waals surface area (Å²) in [6, 6.07) is 0. The van der Waals surface area contributed by atoms with E-state index < -0.39 is 0 Å². The van der Waals surface area contributed by atoms with Crippen LogP contribution in [0.1, 0.15) is 19.3 Å². The van der Waals surface area contributed by atoms with Crippen LogP contribution in [0.4, 0.5) is 0 Å². The summed E-state index contributed by atoms with van der Waals surface area (Å²) in [4.78, 5) is 10.1. The molecule has 46 valence electrons. The van der Waals surface area contributed by atoms with E-state index in [4.69, 9.17) is 11.6 Å². The zero-order valence-electron chi connectivity index (χ0n) is 4.64. The molecule has 1 rings (SSSR count). The topological polar surface area (TPSA) is 17.1 Å². The first-order chi connectivity index (χ1) is 3.83. The highest BCUT2D eigenvalue weighted by Crippen LogP contribution is 2.27. The van der Waals surface area contributed by atoms with Crippen molar-refractivity contribution >= 4 is 17.9 Å². The van der Waals surface area contributed by atoms with E-state index in [1.807, 2.05) is 0 Å². The highest BCUT2D eigenvalue weighted by molar-refractivity contribution is 6.20. The van der Waals surface area contributed by atoms with Gasteiger partial charge in [0.15, 0.2) is 0 Å². The third kappa shape index (κ3) is 1.22. The van der Waals surface area contributed by atoms with Gasteiger partial charge in [-0.2, -0.15) is 0 Å². The molecule has 8 heavy (non-hydrogen) atoms. The number of hydrogen-bond acceptors (Lipinski definition) is 1. The van der Waals surface area contributed by atoms with Crippen molar-refractivity contribution in [3.8, 4) is 0 Å². The van der Waals surface area contributed by atoms with Crippen molar-refractivity contribution in [2.24, 2.45) is 5.92 Å². The van der Waals surface area contributed by atoms with Crippen LogP contribution in [0.25, 0.3) is 0 Å². The molecule has 0 radical (unpaired) electrons. The SMILES string of the molecule is O=C[C@H]1CCC(Cl)C1. The van der Waals surface area contributed by atoms with E-state index in [0.717, 1.165) is 25.5 Å². The molecular weight excluding hydrogens is 124 g/mol. The first-order valence-corrected chi connectivity index (χ1v) is 3.36. The van der Waals surface area contributed by atoms with Gasteiger partial charge in [0.1, 0.15) is 6.29 Å². The maximum absolute atomic E-state index is 10.1. The van der Waals surface area contributed by atoms with Crippen LogP contribution in [0.2, 0.25) is 0 Å². The van der Waals surface area contributed by atoms with E-state index in [1.165, 1.54) is 0 Å². The molecule has 0 aromatic carbocycles. The molecule has 1 nitrogen and oxygen atoms in total. The van der Waals surface area contributed by atoms with E-state index in [1.54, 1.807) is 0 Å². The van der Waals surface area contributed by atoms with Crippen LogP contribution in [-0.2, 0) is 4.79 Å². The fraction of sp³-hybridized carbons (Fsp3) is 0.833. The van der Waals surface area contributed by atoms with Crippen molar-refractivity contribution in [1.29, 1.82) is 0 Å². The zero-order valence-corrected chi connectivity index (χ0v) is 5.40. The van der Waals surface area contributed by atoms with E-state index >= 15 is 0 Å². The quantitative estimate of drug-likeness (QED) is 0.391. The van der Waals surface area contributed by atoms with Crippen molar-refractivity contribution < 1.29 is 4.79 Å². The van der Waals surface area contributed by atoms with Gasteiger partial charge in [0, 0.05) is 11.3 Å². The van der Waals surface area contributed by atoms with Crippen LogP contribution >= 0.6 is 11.6 Å². The molecule has 2 heteroatoms. The minimum absolute atomic E-state index is 0.262. The van der Waals surface area contributed by atoms with Crippen molar-refractivity contribution in [2.75, 3.05) is 0 Å². The predicted octanol–water partition coefficient (Wildman–Crippen LogP) is 1.59. The van der Waals surface area contributed by atoms with Crippen LogP contribution < -0.4 is 0 Å². The largest absolute Gasteiger partial charge is 0.303 e. The summed E-state index contributed by atoms with van der Waals surface area (Å²) < 4.78 is 0. The van der Waals surface area contributed by atoms with Gasteiger partial charge in [-0.25, -0.2) is 0 Å². The van der Waals surface area contributed by atoms with Gasteiger partial charge in [-0.15, -0.1) is 11.6 Å². The average Bonchev–Trinajstić information content (AvgIpc) is 2.14. The number of carbonyl (C=O) groups is 1. The summed E-state index contributed by atoms with van der Waals surface area (Å²) in [5.41, 5.74) is 0. The van der Waals surface area contributed by atoms with Crippen LogP contribution in [0.3, 0.4) is 0 Å². The van der Waals surface area contributed by atoms with Crippen molar-refractivity contribution in [3.05, 3.63) is 0 Å². The summed E-state index contributed by atoms with van der Waals surface area (Å²) in [6.45, 7) is 0. The minimum Gasteiger partial charge on any atom is -0.303 e. The maximum atomic E-state index is 10.1. The Hall–Kier alpha value is -0.0400. The Labute approximate surface area is 54.0 Å². The van der Waals surface area contributed by atoms with Gasteiger partial charge in [0.05, 0.1) is 0 Å². The normalized spacial score (nSPS) is 37.6. The van der Waals surface area contributed by atoms with Crippen molar-refractivity contribution in [1.82, 2.24) is 0 Å². The summed E-state index contributed by atoms with van der Waals surface area (Å²) in [7, 11) is 0. The van der Waals surface area contributed by atoms with E-state index in [-0.39, 0.29) is 11.3 Å². The van der Waals surface area contributed by atoms with Gasteiger partial charge in [0.25, 0.3) is 0 Å². The van der Waals surface area contributed by atoms with E-state index in [9.17, 15) is 4.79 Å². The first kappa shape index (κ1) is 6.09. The molecule has 0 saturated heterocycles. The molecule has 0 aromatic heterocycles. The molecule has 0 aromatic rings. The predicted molar refractivity (Wildman–Crippen MR) is 33.0 cm³/mol. The van der Waals surface area contributed by atoms with E-state index in [2.05, 4.69) is 0 Å². The Morgan fingerprint density at radius 1 is 1.50 bits per heavy atom. The molecule has 1 unspecified atom stereocenters. The lowest BCUT2D eigenvalue weighted by Gasteiger charge is -1.93. The fourth-order valence-corrected chi connectivity index (χ4v) is 1.44. The number of alkyl halides is 1. The lowest BCUT2D eigenvalue weighted by molar-refractivity contribution is -0.110. The maximum Gasteiger partial charge on any atom is 0.123 e. The summed E-state index contributed by atoms with van der Waals surface area (Å²) in [5.74, 6) is 0.262. The average molecular weight is 133 g/mol. The summed E-state index contributed by atoms with van der Waals surface area (Å²) in [5, 5.41) is 0.269. The number of rotatable bonds is 1. The molecular formula is C6H9ClO. The lowest BCUT2D eigenvalue weighted by atomic mass is 10.1. The third-order valence-electron chi connectivity index (χ3n) is 1.60. The molecule has 1 aliphatic rings. The molecule has 1 saturated carbocycles. The highest BCUT2D eigenvalue weighted by Gasteiger charge is 2.21. The Kier molecular flexibility index (Phi) is 1.90. The molecule has 0 aliphatic heterocycles. The highest BCUT2D eigenvalue weighted by atomic mass is 35.5. The molecule has 2 atom stereocenters. The fourth-order valence-electron chi connectivity index (χ4n) is 1.08. The van der Waals surface area contributed by atoms with Gasteiger partial charge >= 0.3 is 0 Å². The van der Waals surface area contributed by atoms with Crippen LogP contribution in [0.15, 0.2) is 0 Å². The number of carbonyl (C=O) groups excluding carboxylic acids is 1. The lowest BCUT2D eigenvalue weighted by Crippen LogP contribution is -1.94. The number of hydrogen-bond donors (Lipinski definition) is 0. The van der Waals surface area contributed by atoms with Gasteiger partial charge in [-0.05, 0) is 19.3 Å². The van der Waals surface area contributed by atoms with E-state index in [0.29, 0.717) is 0 Å². The number of halogens is 1. The Bertz CT molecular complexity index is 92.5. The van der Waals surface area contributed by atoms with Gasteiger partial charge in [0.2, 0.25) is 0 Å². The molecule has 1 fully saturated rings.